The second kappa shape index (κ2) is 5.94. The van der Waals surface area contributed by atoms with Gasteiger partial charge in [-0.2, -0.15) is 0 Å². The van der Waals surface area contributed by atoms with Gasteiger partial charge in [0.15, 0.2) is 0 Å². The monoisotopic (exact) mass is 271 g/mol. The molecule has 0 amide bonds. The highest BCUT2D eigenvalue weighted by Gasteiger charge is 2.27. The van der Waals surface area contributed by atoms with E-state index in [0.717, 1.165) is 19.4 Å². The molecule has 1 aliphatic carbocycles. The number of aliphatic hydroxyl groups excluding tert-OH is 1. The zero-order valence-corrected chi connectivity index (χ0v) is 12.0. The van der Waals surface area contributed by atoms with Gasteiger partial charge in [0.05, 0.1) is 6.61 Å². The molecule has 1 heterocycles. The van der Waals surface area contributed by atoms with Crippen molar-refractivity contribution >= 4 is 5.57 Å². The number of hydrogen-bond donors (Lipinski definition) is 2. The van der Waals surface area contributed by atoms with E-state index in [1.54, 1.807) is 0 Å². The summed E-state index contributed by atoms with van der Waals surface area (Å²) >= 11 is 0. The molecule has 2 N–H and O–H groups in total. The van der Waals surface area contributed by atoms with Gasteiger partial charge in [-0.1, -0.05) is 49.4 Å². The van der Waals surface area contributed by atoms with E-state index >= 15 is 0 Å². The molecule has 0 bridgehead atoms. The van der Waals surface area contributed by atoms with Gasteiger partial charge in [0.25, 0.3) is 0 Å². The van der Waals surface area contributed by atoms with Crippen LogP contribution >= 0.6 is 0 Å². The average Bonchev–Trinajstić information content (AvgIpc) is 2.97. The summed E-state index contributed by atoms with van der Waals surface area (Å²) in [5.74, 6) is 1.14. The van der Waals surface area contributed by atoms with E-state index in [0.29, 0.717) is 11.8 Å². The quantitative estimate of drug-likeness (QED) is 0.884. The van der Waals surface area contributed by atoms with Gasteiger partial charge in [0.2, 0.25) is 0 Å². The molecule has 2 heteroatoms. The second-order valence-electron chi connectivity index (χ2n) is 6.03. The fourth-order valence-corrected chi connectivity index (χ4v) is 3.32. The number of aliphatic hydroxyl groups is 1. The SMILES string of the molecule is CC1CC=C([C@@H]2CN[C@@H](CO)C2)C=C1c1ccccc1.[HH]. The van der Waals surface area contributed by atoms with Crippen molar-refractivity contribution in [3.05, 3.63) is 53.6 Å². The smallest absolute Gasteiger partial charge is 0.0584 e. The van der Waals surface area contributed by atoms with Crippen molar-refractivity contribution in [1.29, 1.82) is 0 Å². The zero-order chi connectivity index (χ0) is 13.9. The van der Waals surface area contributed by atoms with Crippen molar-refractivity contribution in [1.82, 2.24) is 5.32 Å². The fraction of sp³-hybridized carbons (Fsp3) is 0.444. The minimum absolute atomic E-state index is 0. The van der Waals surface area contributed by atoms with E-state index in [4.69, 9.17) is 0 Å². The first-order valence-corrected chi connectivity index (χ1v) is 7.59. The summed E-state index contributed by atoms with van der Waals surface area (Å²) in [5.41, 5.74) is 4.25. The first-order valence-electron chi connectivity index (χ1n) is 7.59. The topological polar surface area (TPSA) is 32.3 Å². The van der Waals surface area contributed by atoms with E-state index in [2.05, 4.69) is 54.7 Å². The number of nitrogens with one attached hydrogen (secondary N) is 1. The highest BCUT2D eigenvalue weighted by molar-refractivity contribution is 5.71. The molecule has 1 aromatic carbocycles. The van der Waals surface area contributed by atoms with Crippen LogP contribution in [0.25, 0.3) is 5.57 Å². The molecule has 0 saturated carbocycles. The van der Waals surface area contributed by atoms with Gasteiger partial charge in [-0.25, -0.2) is 0 Å². The second-order valence-corrected chi connectivity index (χ2v) is 6.03. The Kier molecular flexibility index (Phi) is 4.04. The molecule has 0 aromatic heterocycles. The summed E-state index contributed by atoms with van der Waals surface area (Å²) in [6, 6.07) is 11.0. The van der Waals surface area contributed by atoms with Crippen LogP contribution in [0.5, 0.6) is 0 Å². The van der Waals surface area contributed by atoms with Gasteiger partial charge in [-0.15, -0.1) is 0 Å². The molecule has 108 valence electrons. The maximum atomic E-state index is 9.26. The number of rotatable bonds is 3. The van der Waals surface area contributed by atoms with Crippen molar-refractivity contribution < 1.29 is 6.53 Å². The van der Waals surface area contributed by atoms with Crippen molar-refractivity contribution in [2.75, 3.05) is 13.2 Å². The Bertz CT molecular complexity index is 523. The van der Waals surface area contributed by atoms with Crippen molar-refractivity contribution in [3.63, 3.8) is 0 Å². The van der Waals surface area contributed by atoms with Crippen LogP contribution in [0.15, 0.2) is 48.1 Å². The van der Waals surface area contributed by atoms with Crippen molar-refractivity contribution in [2.45, 2.75) is 25.8 Å². The maximum Gasteiger partial charge on any atom is 0.0584 e. The minimum Gasteiger partial charge on any atom is -0.395 e. The summed E-state index contributed by atoms with van der Waals surface area (Å²) < 4.78 is 0. The summed E-state index contributed by atoms with van der Waals surface area (Å²) in [6.45, 7) is 3.54. The largest absolute Gasteiger partial charge is 0.395 e. The standard InChI is InChI=1S/C18H23NO.H2/c1-13-7-8-15(16-9-17(12-20)19-11-16)10-18(13)14-5-3-2-4-6-14;/h2-6,8,10,13,16-17,19-20H,7,9,11-12H2,1H3;1H/t13?,16-,17+;/m0./s1. The van der Waals surface area contributed by atoms with Gasteiger partial charge < -0.3 is 10.4 Å². The number of allylic oxidation sites excluding steroid dienone is 3. The third-order valence-electron chi connectivity index (χ3n) is 4.58. The molecule has 1 unspecified atom stereocenters. The molecular weight excluding hydrogens is 246 g/mol. The lowest BCUT2D eigenvalue weighted by Crippen LogP contribution is -2.24. The molecule has 20 heavy (non-hydrogen) atoms. The summed E-state index contributed by atoms with van der Waals surface area (Å²) in [6.07, 6.45) is 6.95. The molecule has 2 aliphatic rings. The molecule has 2 nitrogen and oxygen atoms in total. The lowest BCUT2D eigenvalue weighted by molar-refractivity contribution is 0.254. The van der Waals surface area contributed by atoms with Crippen molar-refractivity contribution in [3.8, 4) is 0 Å². The average molecular weight is 271 g/mol. The van der Waals surface area contributed by atoms with E-state index in [9.17, 15) is 5.11 Å². The molecule has 3 rings (SSSR count). The van der Waals surface area contributed by atoms with Crippen LogP contribution in [0.2, 0.25) is 0 Å². The van der Waals surface area contributed by atoms with Gasteiger partial charge in [-0.05, 0) is 41.4 Å². The van der Waals surface area contributed by atoms with Crippen LogP contribution in [-0.2, 0) is 0 Å². The first kappa shape index (κ1) is 13.6. The summed E-state index contributed by atoms with van der Waals surface area (Å²) in [5, 5.41) is 12.7. The molecule has 1 aliphatic heterocycles. The normalized spacial score (nSPS) is 30.0. The van der Waals surface area contributed by atoms with Crippen LogP contribution in [0, 0.1) is 11.8 Å². The van der Waals surface area contributed by atoms with Crippen LogP contribution < -0.4 is 5.32 Å². The van der Waals surface area contributed by atoms with E-state index < -0.39 is 0 Å². The van der Waals surface area contributed by atoms with Crippen LogP contribution in [0.4, 0.5) is 0 Å². The molecule has 1 aromatic rings. The highest BCUT2D eigenvalue weighted by Crippen LogP contribution is 2.35. The van der Waals surface area contributed by atoms with Gasteiger partial charge in [-0.3, -0.25) is 0 Å². The number of hydrogen-bond acceptors (Lipinski definition) is 2. The van der Waals surface area contributed by atoms with Gasteiger partial charge in [0, 0.05) is 14.0 Å². The highest BCUT2D eigenvalue weighted by atomic mass is 16.3. The van der Waals surface area contributed by atoms with Crippen LogP contribution in [0.1, 0.15) is 26.8 Å². The molecular formula is C18H25NO. The summed E-state index contributed by atoms with van der Waals surface area (Å²) in [4.78, 5) is 0. The predicted molar refractivity (Wildman–Crippen MR) is 85.4 cm³/mol. The first-order chi connectivity index (χ1) is 9.78. The van der Waals surface area contributed by atoms with E-state index in [1.165, 1.54) is 16.7 Å². The summed E-state index contributed by atoms with van der Waals surface area (Å²) in [7, 11) is 0. The van der Waals surface area contributed by atoms with Gasteiger partial charge >= 0.3 is 0 Å². The van der Waals surface area contributed by atoms with E-state index in [1.807, 2.05) is 0 Å². The molecule has 0 radical (unpaired) electrons. The lowest BCUT2D eigenvalue weighted by atomic mass is 9.81. The third-order valence-corrected chi connectivity index (χ3v) is 4.58. The molecule has 3 atom stereocenters. The van der Waals surface area contributed by atoms with Crippen molar-refractivity contribution in [2.24, 2.45) is 11.8 Å². The number of benzene rings is 1. The molecule has 0 spiro atoms. The van der Waals surface area contributed by atoms with E-state index in [-0.39, 0.29) is 14.1 Å². The third kappa shape index (κ3) is 2.72. The minimum atomic E-state index is 0. The zero-order valence-electron chi connectivity index (χ0n) is 12.0. The lowest BCUT2D eigenvalue weighted by Gasteiger charge is -2.23. The Morgan fingerprint density at radius 1 is 1.30 bits per heavy atom. The Morgan fingerprint density at radius 2 is 2.10 bits per heavy atom. The Balaban J connectivity index is 0.00000161. The Labute approximate surface area is 122 Å². The molecule has 1 fully saturated rings. The predicted octanol–water partition coefficient (Wildman–Crippen LogP) is 3.25. The Hall–Kier alpha value is -1.38. The van der Waals surface area contributed by atoms with Crippen LogP contribution in [0.3, 0.4) is 0 Å². The van der Waals surface area contributed by atoms with Gasteiger partial charge in [0.1, 0.15) is 0 Å². The van der Waals surface area contributed by atoms with Crippen LogP contribution in [-0.4, -0.2) is 24.3 Å². The maximum absolute atomic E-state index is 9.26. The molecule has 1 saturated heterocycles. The Morgan fingerprint density at radius 3 is 2.80 bits per heavy atom. The fourth-order valence-electron chi connectivity index (χ4n) is 3.32.